The minimum absolute atomic E-state index is 0.0785. The number of rotatable bonds is 3. The van der Waals surface area contributed by atoms with E-state index in [1.54, 1.807) is 18.2 Å². The van der Waals surface area contributed by atoms with Gasteiger partial charge in [0.25, 0.3) is 0 Å². The van der Waals surface area contributed by atoms with Gasteiger partial charge in [0.05, 0.1) is 19.4 Å². The summed E-state index contributed by atoms with van der Waals surface area (Å²) in [7, 11) is 0. The van der Waals surface area contributed by atoms with E-state index in [1.807, 2.05) is 4.90 Å². The van der Waals surface area contributed by atoms with Gasteiger partial charge in [-0.25, -0.2) is 9.37 Å². The molecule has 0 radical (unpaired) electrons. The first kappa shape index (κ1) is 15.3. The second-order valence-electron chi connectivity index (χ2n) is 4.75. The highest BCUT2D eigenvalue weighted by Gasteiger charge is 2.16. The van der Waals surface area contributed by atoms with Crippen molar-refractivity contribution in [2.45, 2.75) is 0 Å². The van der Waals surface area contributed by atoms with Gasteiger partial charge in [0, 0.05) is 28.8 Å². The van der Waals surface area contributed by atoms with Gasteiger partial charge in [-0.3, -0.25) is 0 Å². The van der Waals surface area contributed by atoms with Gasteiger partial charge >= 0.3 is 0 Å². The lowest BCUT2D eigenvalue weighted by atomic mass is 10.3. The largest absolute Gasteiger partial charge is 0.378 e. The highest BCUT2D eigenvalue weighted by Crippen LogP contribution is 2.26. The Hall–Kier alpha value is -1.63. The molecule has 1 aliphatic rings. The molecule has 116 valence electrons. The van der Waals surface area contributed by atoms with Gasteiger partial charge in [0.1, 0.15) is 0 Å². The average molecular weight is 343 g/mol. The fourth-order valence-electron chi connectivity index (χ4n) is 2.12. The lowest BCUT2D eigenvalue weighted by Gasteiger charge is -2.26. The Labute approximate surface area is 137 Å². The fraction of sp³-hybridized carbons (Fsp3) is 0.286. The molecule has 1 fully saturated rings. The van der Waals surface area contributed by atoms with Crippen LogP contribution in [0.5, 0.6) is 0 Å². The summed E-state index contributed by atoms with van der Waals surface area (Å²) in [5.41, 5.74) is 0.558. The summed E-state index contributed by atoms with van der Waals surface area (Å²) in [6.45, 7) is 2.56. The van der Waals surface area contributed by atoms with E-state index >= 15 is 0 Å². The zero-order valence-electron chi connectivity index (χ0n) is 11.5. The van der Waals surface area contributed by atoms with E-state index in [4.69, 9.17) is 27.9 Å². The Morgan fingerprint density at radius 3 is 2.50 bits per heavy atom. The van der Waals surface area contributed by atoms with Crippen molar-refractivity contribution in [3.8, 4) is 0 Å². The number of morpholine rings is 1. The van der Waals surface area contributed by atoms with E-state index in [0.717, 1.165) is 6.20 Å². The Morgan fingerprint density at radius 1 is 1.14 bits per heavy atom. The molecule has 0 atom stereocenters. The van der Waals surface area contributed by atoms with Gasteiger partial charge in [-0.05, 0) is 18.2 Å². The van der Waals surface area contributed by atoms with E-state index in [9.17, 15) is 4.39 Å². The third-order valence-corrected chi connectivity index (χ3v) is 3.59. The van der Waals surface area contributed by atoms with Crippen molar-refractivity contribution >= 4 is 40.7 Å². The van der Waals surface area contributed by atoms with Crippen LogP contribution in [-0.2, 0) is 4.74 Å². The Morgan fingerprint density at radius 2 is 1.82 bits per heavy atom. The standard InChI is InChI=1S/C14H13Cl2FN4O/c15-9-5-10(16)7-11(6-9)19-13-12(17)8-18-14(20-13)21-1-3-22-4-2-21/h5-8H,1-4H2,(H,18,19,20). The Bertz CT molecular complexity index is 660. The topological polar surface area (TPSA) is 50.3 Å². The van der Waals surface area contributed by atoms with Crippen LogP contribution in [0.25, 0.3) is 0 Å². The van der Waals surface area contributed by atoms with Crippen LogP contribution in [-0.4, -0.2) is 36.3 Å². The van der Waals surface area contributed by atoms with Gasteiger partial charge in [0.2, 0.25) is 5.95 Å². The molecule has 2 aromatic rings. The van der Waals surface area contributed by atoms with Crippen molar-refractivity contribution in [2.24, 2.45) is 0 Å². The van der Waals surface area contributed by atoms with E-state index in [2.05, 4.69) is 15.3 Å². The third kappa shape index (κ3) is 3.58. The van der Waals surface area contributed by atoms with Crippen molar-refractivity contribution in [3.05, 3.63) is 40.3 Å². The van der Waals surface area contributed by atoms with Crippen LogP contribution in [0.1, 0.15) is 0 Å². The van der Waals surface area contributed by atoms with Crippen molar-refractivity contribution < 1.29 is 9.13 Å². The molecule has 1 aliphatic heterocycles. The Balaban J connectivity index is 1.86. The molecule has 3 rings (SSSR count). The molecule has 22 heavy (non-hydrogen) atoms. The summed E-state index contributed by atoms with van der Waals surface area (Å²) < 4.78 is 19.2. The number of ether oxygens (including phenoxy) is 1. The van der Waals surface area contributed by atoms with Crippen LogP contribution in [0.2, 0.25) is 10.0 Å². The maximum Gasteiger partial charge on any atom is 0.227 e. The summed E-state index contributed by atoms with van der Waals surface area (Å²) >= 11 is 11.9. The molecular formula is C14H13Cl2FN4O. The second kappa shape index (κ2) is 6.64. The zero-order chi connectivity index (χ0) is 15.5. The molecule has 5 nitrogen and oxygen atoms in total. The molecule has 0 amide bonds. The maximum atomic E-state index is 13.9. The smallest absolute Gasteiger partial charge is 0.227 e. The first-order chi connectivity index (χ1) is 10.6. The van der Waals surface area contributed by atoms with Crippen LogP contribution >= 0.6 is 23.2 Å². The third-order valence-electron chi connectivity index (χ3n) is 3.15. The highest BCUT2D eigenvalue weighted by molar-refractivity contribution is 6.35. The van der Waals surface area contributed by atoms with E-state index in [-0.39, 0.29) is 5.82 Å². The summed E-state index contributed by atoms with van der Waals surface area (Å²) in [5.74, 6) is -0.0109. The van der Waals surface area contributed by atoms with E-state index < -0.39 is 5.82 Å². The van der Waals surface area contributed by atoms with Gasteiger partial charge in [-0.1, -0.05) is 23.2 Å². The van der Waals surface area contributed by atoms with Crippen LogP contribution in [0.4, 0.5) is 21.8 Å². The van der Waals surface area contributed by atoms with Crippen LogP contribution in [0.3, 0.4) is 0 Å². The quantitative estimate of drug-likeness (QED) is 0.924. The molecule has 0 spiro atoms. The summed E-state index contributed by atoms with van der Waals surface area (Å²) in [5, 5.41) is 3.79. The fourth-order valence-corrected chi connectivity index (χ4v) is 2.65. The van der Waals surface area contributed by atoms with E-state index in [1.165, 1.54) is 0 Å². The molecule has 2 heterocycles. The normalized spacial score (nSPS) is 15.0. The number of nitrogens with one attached hydrogen (secondary N) is 1. The molecular weight excluding hydrogens is 330 g/mol. The number of hydrogen-bond donors (Lipinski definition) is 1. The van der Waals surface area contributed by atoms with Crippen molar-refractivity contribution in [2.75, 3.05) is 36.5 Å². The average Bonchev–Trinajstić information content (AvgIpc) is 2.49. The monoisotopic (exact) mass is 342 g/mol. The van der Waals surface area contributed by atoms with E-state index in [0.29, 0.717) is 48.0 Å². The van der Waals surface area contributed by atoms with Crippen molar-refractivity contribution in [1.82, 2.24) is 9.97 Å². The number of aromatic nitrogens is 2. The Kier molecular flexibility index (Phi) is 4.61. The number of benzene rings is 1. The number of nitrogens with zero attached hydrogens (tertiary/aromatic N) is 3. The first-order valence-corrected chi connectivity index (χ1v) is 7.46. The lowest BCUT2D eigenvalue weighted by molar-refractivity contribution is 0.122. The number of halogens is 3. The number of hydrogen-bond acceptors (Lipinski definition) is 5. The second-order valence-corrected chi connectivity index (χ2v) is 5.62. The predicted molar refractivity (Wildman–Crippen MR) is 84.8 cm³/mol. The number of anilines is 3. The summed E-state index contributed by atoms with van der Waals surface area (Å²) in [6, 6.07) is 4.89. The molecule has 1 N–H and O–H groups in total. The molecule has 0 saturated carbocycles. The SMILES string of the molecule is Fc1cnc(N2CCOCC2)nc1Nc1cc(Cl)cc(Cl)c1. The van der Waals surface area contributed by atoms with Crippen LogP contribution < -0.4 is 10.2 Å². The predicted octanol–water partition coefficient (Wildman–Crippen LogP) is 3.50. The molecule has 8 heteroatoms. The van der Waals surface area contributed by atoms with Crippen molar-refractivity contribution in [3.63, 3.8) is 0 Å². The van der Waals surface area contributed by atoms with Gasteiger partial charge < -0.3 is 15.0 Å². The molecule has 1 aromatic heterocycles. The first-order valence-electron chi connectivity index (χ1n) is 6.70. The maximum absolute atomic E-state index is 13.9. The summed E-state index contributed by atoms with van der Waals surface area (Å²) in [6.07, 6.45) is 1.15. The summed E-state index contributed by atoms with van der Waals surface area (Å²) in [4.78, 5) is 10.2. The minimum atomic E-state index is -0.548. The van der Waals surface area contributed by atoms with Gasteiger partial charge in [0.15, 0.2) is 11.6 Å². The van der Waals surface area contributed by atoms with Gasteiger partial charge in [-0.2, -0.15) is 4.98 Å². The minimum Gasteiger partial charge on any atom is -0.378 e. The zero-order valence-corrected chi connectivity index (χ0v) is 13.0. The van der Waals surface area contributed by atoms with Gasteiger partial charge in [-0.15, -0.1) is 0 Å². The molecule has 0 unspecified atom stereocenters. The molecule has 0 aliphatic carbocycles. The van der Waals surface area contributed by atoms with Crippen molar-refractivity contribution in [1.29, 1.82) is 0 Å². The lowest BCUT2D eigenvalue weighted by Crippen LogP contribution is -2.37. The molecule has 1 saturated heterocycles. The highest BCUT2D eigenvalue weighted by atomic mass is 35.5. The molecule has 1 aromatic carbocycles. The van der Waals surface area contributed by atoms with Crippen LogP contribution in [0.15, 0.2) is 24.4 Å². The van der Waals surface area contributed by atoms with Crippen LogP contribution in [0, 0.1) is 5.82 Å². The molecule has 0 bridgehead atoms.